The van der Waals surface area contributed by atoms with Crippen LogP contribution in [-0.4, -0.2) is 29.4 Å². The summed E-state index contributed by atoms with van der Waals surface area (Å²) in [5, 5.41) is 8.85. The van der Waals surface area contributed by atoms with Crippen LogP contribution in [0.5, 0.6) is 0 Å². The van der Waals surface area contributed by atoms with Gasteiger partial charge in [-0.05, 0) is 6.07 Å². The van der Waals surface area contributed by atoms with Gasteiger partial charge in [0.15, 0.2) is 17.7 Å². The Morgan fingerprint density at radius 2 is 2.12 bits per heavy atom. The number of carbonyl (C=O) groups is 2. The van der Waals surface area contributed by atoms with Gasteiger partial charge in [0.05, 0.1) is 0 Å². The van der Waals surface area contributed by atoms with Crippen molar-refractivity contribution in [2.75, 3.05) is 7.05 Å². The van der Waals surface area contributed by atoms with Gasteiger partial charge in [-0.2, -0.15) is 0 Å². The van der Waals surface area contributed by atoms with E-state index in [1.807, 2.05) is 0 Å². The van der Waals surface area contributed by atoms with Crippen molar-refractivity contribution in [2.24, 2.45) is 0 Å². The Balaban J connectivity index is 3.26. The zero-order valence-corrected chi connectivity index (χ0v) is 8.35. The van der Waals surface area contributed by atoms with Gasteiger partial charge in [-0.25, -0.2) is 13.6 Å². The van der Waals surface area contributed by atoms with Crippen LogP contribution in [0.2, 0.25) is 0 Å². The largest absolute Gasteiger partial charge is 0.479 e. The Morgan fingerprint density at radius 1 is 1.50 bits per heavy atom. The molecular formula is C10H9F2NO3. The Bertz CT molecular complexity index is 423. The number of carboxylic acids is 1. The quantitative estimate of drug-likeness (QED) is 0.788. The number of nitrogens with zero attached hydrogens (tertiary/aromatic N) is 1. The molecule has 4 nitrogen and oxygen atoms in total. The molecule has 0 aliphatic rings. The molecule has 1 unspecified atom stereocenters. The summed E-state index contributed by atoms with van der Waals surface area (Å²) >= 11 is 0. The van der Waals surface area contributed by atoms with Crippen LogP contribution in [0.4, 0.5) is 8.78 Å². The third-order valence-electron chi connectivity index (χ3n) is 2.08. The second kappa shape index (κ2) is 4.69. The van der Waals surface area contributed by atoms with Gasteiger partial charge >= 0.3 is 5.97 Å². The van der Waals surface area contributed by atoms with Gasteiger partial charge in [0.1, 0.15) is 0 Å². The van der Waals surface area contributed by atoms with E-state index in [-0.39, 0.29) is 12.0 Å². The molecule has 1 aromatic rings. The van der Waals surface area contributed by atoms with Crippen molar-refractivity contribution in [3.05, 3.63) is 35.4 Å². The molecule has 0 spiro atoms. The van der Waals surface area contributed by atoms with E-state index in [1.165, 1.54) is 13.1 Å². The van der Waals surface area contributed by atoms with Gasteiger partial charge in [-0.3, -0.25) is 4.79 Å². The van der Waals surface area contributed by atoms with E-state index in [2.05, 4.69) is 0 Å². The van der Waals surface area contributed by atoms with Crippen LogP contribution < -0.4 is 0 Å². The number of hydrogen-bond acceptors (Lipinski definition) is 2. The summed E-state index contributed by atoms with van der Waals surface area (Å²) in [6, 6.07) is 1.64. The number of carbonyl (C=O) groups excluding carboxylic acids is 1. The molecule has 1 aromatic carbocycles. The molecule has 1 N–H and O–H groups in total. The highest BCUT2D eigenvalue weighted by atomic mass is 19.2. The zero-order chi connectivity index (χ0) is 12.3. The fourth-order valence-corrected chi connectivity index (χ4v) is 1.32. The van der Waals surface area contributed by atoms with Crippen LogP contribution in [0, 0.1) is 11.6 Å². The number of aliphatic carboxylic acids is 1. The molecule has 0 saturated heterocycles. The van der Waals surface area contributed by atoms with Gasteiger partial charge in [0, 0.05) is 12.6 Å². The van der Waals surface area contributed by atoms with E-state index >= 15 is 0 Å². The minimum absolute atomic E-state index is 0.239. The lowest BCUT2D eigenvalue weighted by molar-refractivity contribution is -0.145. The molecule has 0 bridgehead atoms. The van der Waals surface area contributed by atoms with E-state index in [4.69, 9.17) is 5.11 Å². The first-order valence-electron chi connectivity index (χ1n) is 4.33. The summed E-state index contributed by atoms with van der Waals surface area (Å²) in [6.07, 6.45) is 0.239. The molecule has 0 aromatic heterocycles. The number of halogens is 2. The predicted octanol–water partition coefficient (Wildman–Crippen LogP) is 1.18. The second-order valence-electron chi connectivity index (χ2n) is 3.15. The minimum atomic E-state index is -1.53. The Hall–Kier alpha value is -1.98. The van der Waals surface area contributed by atoms with Crippen molar-refractivity contribution >= 4 is 12.4 Å². The van der Waals surface area contributed by atoms with E-state index in [1.54, 1.807) is 0 Å². The normalized spacial score (nSPS) is 11.9. The van der Waals surface area contributed by atoms with Gasteiger partial charge in [-0.1, -0.05) is 12.1 Å². The van der Waals surface area contributed by atoms with E-state index < -0.39 is 23.6 Å². The van der Waals surface area contributed by atoms with Crippen LogP contribution in [0.25, 0.3) is 0 Å². The third kappa shape index (κ3) is 2.16. The van der Waals surface area contributed by atoms with Crippen molar-refractivity contribution in [3.8, 4) is 0 Å². The van der Waals surface area contributed by atoms with E-state index in [0.29, 0.717) is 0 Å². The molecule has 0 aliphatic carbocycles. The van der Waals surface area contributed by atoms with E-state index in [0.717, 1.165) is 17.0 Å². The summed E-state index contributed by atoms with van der Waals surface area (Å²) in [5.74, 6) is -3.84. The van der Waals surface area contributed by atoms with Crippen LogP contribution in [0.3, 0.4) is 0 Å². The molecule has 86 valence electrons. The number of carboxylic acid groups (broad SMARTS) is 1. The van der Waals surface area contributed by atoms with Gasteiger partial charge in [0.2, 0.25) is 6.41 Å². The minimum Gasteiger partial charge on any atom is -0.479 e. The number of rotatable bonds is 4. The first kappa shape index (κ1) is 12.1. The highest BCUT2D eigenvalue weighted by Gasteiger charge is 2.27. The molecule has 0 fully saturated rings. The maximum absolute atomic E-state index is 13.3. The van der Waals surface area contributed by atoms with Crippen molar-refractivity contribution in [2.45, 2.75) is 6.04 Å². The average Bonchev–Trinajstić information content (AvgIpc) is 2.24. The summed E-state index contributed by atoms with van der Waals surface area (Å²) in [4.78, 5) is 22.1. The molecule has 0 saturated carbocycles. The maximum atomic E-state index is 13.3. The van der Waals surface area contributed by atoms with Crippen LogP contribution in [0.15, 0.2) is 18.2 Å². The standard InChI is InChI=1S/C10H9F2NO3/c1-13(5-14)9(10(15)16)6-3-2-4-7(11)8(6)12/h2-5,9H,1H3,(H,15,16). The lowest BCUT2D eigenvalue weighted by atomic mass is 10.1. The monoisotopic (exact) mass is 229 g/mol. The third-order valence-corrected chi connectivity index (χ3v) is 2.08. The van der Waals surface area contributed by atoms with Gasteiger partial charge < -0.3 is 10.0 Å². The second-order valence-corrected chi connectivity index (χ2v) is 3.15. The summed E-state index contributed by atoms with van der Waals surface area (Å²) in [7, 11) is 1.18. The predicted molar refractivity (Wildman–Crippen MR) is 50.6 cm³/mol. The van der Waals surface area contributed by atoms with Gasteiger partial charge in [0.25, 0.3) is 0 Å². The number of benzene rings is 1. The highest BCUT2D eigenvalue weighted by molar-refractivity contribution is 5.78. The Morgan fingerprint density at radius 3 is 2.62 bits per heavy atom. The highest BCUT2D eigenvalue weighted by Crippen LogP contribution is 2.23. The lowest BCUT2D eigenvalue weighted by Crippen LogP contribution is -2.30. The number of hydrogen-bond donors (Lipinski definition) is 1. The van der Waals surface area contributed by atoms with Crippen LogP contribution in [-0.2, 0) is 9.59 Å². The van der Waals surface area contributed by atoms with Crippen LogP contribution in [0.1, 0.15) is 11.6 Å². The molecule has 16 heavy (non-hydrogen) atoms. The SMILES string of the molecule is CN(C=O)C(C(=O)O)c1cccc(F)c1F. The fourth-order valence-electron chi connectivity index (χ4n) is 1.32. The maximum Gasteiger partial charge on any atom is 0.331 e. The number of amides is 1. The molecule has 1 atom stereocenters. The van der Waals surface area contributed by atoms with Crippen molar-refractivity contribution in [1.82, 2.24) is 4.90 Å². The lowest BCUT2D eigenvalue weighted by Gasteiger charge is -2.21. The zero-order valence-electron chi connectivity index (χ0n) is 8.35. The molecule has 1 rings (SSSR count). The molecule has 0 aliphatic heterocycles. The summed E-state index contributed by atoms with van der Waals surface area (Å²) in [5.41, 5.74) is -0.387. The molecule has 1 amide bonds. The molecule has 6 heteroatoms. The van der Waals surface area contributed by atoms with Crippen molar-refractivity contribution in [1.29, 1.82) is 0 Å². The van der Waals surface area contributed by atoms with Crippen LogP contribution >= 0.6 is 0 Å². The van der Waals surface area contributed by atoms with Crippen molar-refractivity contribution < 1.29 is 23.5 Å². The molecular weight excluding hydrogens is 220 g/mol. The molecule has 0 radical (unpaired) electrons. The number of likely N-dealkylation sites (N-methyl/N-ethyl adjacent to an activating group) is 1. The smallest absolute Gasteiger partial charge is 0.331 e. The fraction of sp³-hybridized carbons (Fsp3) is 0.200. The first-order chi connectivity index (χ1) is 7.49. The first-order valence-corrected chi connectivity index (χ1v) is 4.33. The molecule has 0 heterocycles. The Labute approximate surface area is 90.1 Å². The summed E-state index contributed by atoms with van der Waals surface area (Å²) < 4.78 is 26.2. The topological polar surface area (TPSA) is 57.6 Å². The van der Waals surface area contributed by atoms with E-state index in [9.17, 15) is 18.4 Å². The Kier molecular flexibility index (Phi) is 3.55. The summed E-state index contributed by atoms with van der Waals surface area (Å²) in [6.45, 7) is 0. The van der Waals surface area contributed by atoms with Crippen molar-refractivity contribution in [3.63, 3.8) is 0 Å². The average molecular weight is 229 g/mol. The van der Waals surface area contributed by atoms with Gasteiger partial charge in [-0.15, -0.1) is 0 Å².